The van der Waals surface area contributed by atoms with Crippen LogP contribution in [0, 0.1) is 6.92 Å². The topological polar surface area (TPSA) is 96.0 Å². The standard InChI is InChI=1S/C30H36ClN3O5S/c1-6-27(30(36)32-21(2)3)33(19-23-13-15-24(39-5)16-14-23)29(35)20-34(28-10-8-7-9-26(28)31)40(37,38)25-17-11-22(4)12-18-25/h7-18,21,27H,6,19-20H2,1-5H3,(H,32,36)/t27-/m1/s1. The first kappa shape index (κ1) is 31.0. The van der Waals surface area contributed by atoms with Gasteiger partial charge in [0.2, 0.25) is 11.8 Å². The van der Waals surface area contributed by atoms with Gasteiger partial charge in [-0.2, -0.15) is 0 Å². The van der Waals surface area contributed by atoms with Crippen LogP contribution in [-0.2, 0) is 26.2 Å². The number of benzene rings is 3. The molecule has 1 atom stereocenters. The Morgan fingerprint density at radius 2 is 1.60 bits per heavy atom. The average molecular weight is 586 g/mol. The van der Waals surface area contributed by atoms with Crippen LogP contribution in [0.5, 0.6) is 5.75 Å². The number of aryl methyl sites for hydroxylation is 1. The summed E-state index contributed by atoms with van der Waals surface area (Å²) in [5.74, 6) is -0.206. The van der Waals surface area contributed by atoms with Gasteiger partial charge in [0.15, 0.2) is 0 Å². The van der Waals surface area contributed by atoms with Crippen LogP contribution in [0.3, 0.4) is 0 Å². The van der Waals surface area contributed by atoms with Crippen molar-refractivity contribution >= 4 is 39.1 Å². The number of methoxy groups -OCH3 is 1. The average Bonchev–Trinajstić information content (AvgIpc) is 2.92. The Labute approximate surface area is 241 Å². The highest BCUT2D eigenvalue weighted by Crippen LogP contribution is 2.31. The Balaban J connectivity index is 2.07. The summed E-state index contributed by atoms with van der Waals surface area (Å²) in [7, 11) is -2.63. The number of carbonyl (C=O) groups excluding carboxylic acids is 2. The summed E-state index contributed by atoms with van der Waals surface area (Å²) < 4.78 is 34.1. The van der Waals surface area contributed by atoms with Gasteiger partial charge in [0.25, 0.3) is 10.0 Å². The van der Waals surface area contributed by atoms with Crippen molar-refractivity contribution in [2.75, 3.05) is 18.0 Å². The van der Waals surface area contributed by atoms with E-state index in [2.05, 4.69) is 5.32 Å². The van der Waals surface area contributed by atoms with E-state index < -0.39 is 28.5 Å². The summed E-state index contributed by atoms with van der Waals surface area (Å²) in [5.41, 5.74) is 1.82. The van der Waals surface area contributed by atoms with E-state index in [-0.39, 0.29) is 34.1 Å². The molecule has 3 aromatic carbocycles. The van der Waals surface area contributed by atoms with Crippen molar-refractivity contribution in [3.63, 3.8) is 0 Å². The second kappa shape index (κ2) is 13.7. The number of hydrogen-bond donors (Lipinski definition) is 1. The van der Waals surface area contributed by atoms with Crippen LogP contribution in [0.1, 0.15) is 38.3 Å². The molecule has 0 aliphatic rings. The van der Waals surface area contributed by atoms with Gasteiger partial charge in [-0.25, -0.2) is 8.42 Å². The second-order valence-electron chi connectivity index (χ2n) is 9.73. The number of halogens is 1. The third kappa shape index (κ3) is 7.55. The minimum Gasteiger partial charge on any atom is -0.497 e. The monoisotopic (exact) mass is 585 g/mol. The van der Waals surface area contributed by atoms with Crippen LogP contribution >= 0.6 is 11.6 Å². The number of nitrogens with one attached hydrogen (secondary N) is 1. The molecular weight excluding hydrogens is 550 g/mol. The van der Waals surface area contributed by atoms with E-state index in [0.717, 1.165) is 15.4 Å². The minimum atomic E-state index is -4.19. The first-order chi connectivity index (χ1) is 19.0. The molecule has 0 heterocycles. The van der Waals surface area contributed by atoms with E-state index in [4.69, 9.17) is 16.3 Å². The van der Waals surface area contributed by atoms with Crippen molar-refractivity contribution in [2.45, 2.75) is 57.6 Å². The van der Waals surface area contributed by atoms with E-state index in [9.17, 15) is 18.0 Å². The third-order valence-corrected chi connectivity index (χ3v) is 8.43. The number of para-hydroxylation sites is 1. The normalized spacial score (nSPS) is 12.1. The zero-order chi connectivity index (χ0) is 29.4. The first-order valence-electron chi connectivity index (χ1n) is 13.0. The Morgan fingerprint density at radius 3 is 2.15 bits per heavy atom. The van der Waals surface area contributed by atoms with Crippen molar-refractivity contribution in [3.05, 3.63) is 88.9 Å². The van der Waals surface area contributed by atoms with Gasteiger partial charge in [-0.1, -0.05) is 60.5 Å². The predicted octanol–water partition coefficient (Wildman–Crippen LogP) is 5.18. The molecule has 0 fully saturated rings. The molecule has 0 spiro atoms. The lowest BCUT2D eigenvalue weighted by atomic mass is 10.1. The Kier molecular flexibility index (Phi) is 10.6. The third-order valence-electron chi connectivity index (χ3n) is 6.34. The summed E-state index contributed by atoms with van der Waals surface area (Å²) in [6.07, 6.45) is 0.331. The number of nitrogens with zero attached hydrogens (tertiary/aromatic N) is 2. The number of ether oxygens (including phenoxy) is 1. The summed E-state index contributed by atoms with van der Waals surface area (Å²) >= 11 is 6.45. The van der Waals surface area contributed by atoms with Crippen molar-refractivity contribution in [3.8, 4) is 5.75 Å². The largest absolute Gasteiger partial charge is 0.497 e. The molecule has 10 heteroatoms. The molecule has 0 aliphatic carbocycles. The number of hydrogen-bond acceptors (Lipinski definition) is 5. The number of anilines is 1. The number of amides is 2. The molecule has 40 heavy (non-hydrogen) atoms. The van der Waals surface area contributed by atoms with Crippen LogP contribution in [0.4, 0.5) is 5.69 Å². The maximum absolute atomic E-state index is 14.1. The molecular formula is C30H36ClN3O5S. The zero-order valence-electron chi connectivity index (χ0n) is 23.4. The fourth-order valence-electron chi connectivity index (χ4n) is 4.23. The molecule has 0 radical (unpaired) electrons. The van der Waals surface area contributed by atoms with Gasteiger partial charge in [-0.05, 0) is 69.2 Å². The van der Waals surface area contributed by atoms with E-state index in [1.807, 2.05) is 27.7 Å². The molecule has 3 rings (SSSR count). The predicted molar refractivity (Wildman–Crippen MR) is 158 cm³/mol. The van der Waals surface area contributed by atoms with Gasteiger partial charge >= 0.3 is 0 Å². The zero-order valence-corrected chi connectivity index (χ0v) is 25.0. The maximum Gasteiger partial charge on any atom is 0.264 e. The lowest BCUT2D eigenvalue weighted by Crippen LogP contribution is -2.53. The van der Waals surface area contributed by atoms with Crippen LogP contribution in [0.15, 0.2) is 77.7 Å². The van der Waals surface area contributed by atoms with Crippen LogP contribution in [0.25, 0.3) is 0 Å². The van der Waals surface area contributed by atoms with Crippen molar-refractivity contribution < 1.29 is 22.7 Å². The summed E-state index contributed by atoms with van der Waals surface area (Å²) in [6, 6.07) is 19.0. The lowest BCUT2D eigenvalue weighted by molar-refractivity contribution is -0.140. The van der Waals surface area contributed by atoms with E-state index in [0.29, 0.717) is 12.2 Å². The smallest absolute Gasteiger partial charge is 0.264 e. The van der Waals surface area contributed by atoms with E-state index in [1.54, 1.807) is 67.8 Å². The molecule has 8 nitrogen and oxygen atoms in total. The molecule has 0 saturated heterocycles. The Bertz CT molecular complexity index is 1410. The maximum atomic E-state index is 14.1. The van der Waals surface area contributed by atoms with Gasteiger partial charge in [0.05, 0.1) is 22.7 Å². The van der Waals surface area contributed by atoms with E-state index >= 15 is 0 Å². The number of sulfonamides is 1. The summed E-state index contributed by atoms with van der Waals surface area (Å²) in [6.45, 7) is 6.89. The number of carbonyl (C=O) groups is 2. The second-order valence-corrected chi connectivity index (χ2v) is 12.0. The highest BCUT2D eigenvalue weighted by molar-refractivity contribution is 7.92. The fraction of sp³-hybridized carbons (Fsp3) is 0.333. The van der Waals surface area contributed by atoms with Crippen molar-refractivity contribution in [1.29, 1.82) is 0 Å². The van der Waals surface area contributed by atoms with E-state index in [1.165, 1.54) is 17.0 Å². The van der Waals surface area contributed by atoms with Crippen molar-refractivity contribution in [2.24, 2.45) is 0 Å². The quantitative estimate of drug-likeness (QED) is 0.316. The highest BCUT2D eigenvalue weighted by Gasteiger charge is 2.34. The van der Waals surface area contributed by atoms with Gasteiger partial charge < -0.3 is 15.0 Å². The van der Waals surface area contributed by atoms with Gasteiger partial charge in [0.1, 0.15) is 18.3 Å². The highest BCUT2D eigenvalue weighted by atomic mass is 35.5. The molecule has 1 N–H and O–H groups in total. The molecule has 0 unspecified atom stereocenters. The number of rotatable bonds is 12. The molecule has 0 aromatic heterocycles. The minimum absolute atomic E-state index is 0.0251. The molecule has 214 valence electrons. The van der Waals surface area contributed by atoms with Gasteiger partial charge in [-0.3, -0.25) is 13.9 Å². The Hall–Kier alpha value is -3.56. The molecule has 0 bridgehead atoms. The van der Waals surface area contributed by atoms with Crippen molar-refractivity contribution in [1.82, 2.24) is 10.2 Å². The molecule has 0 saturated carbocycles. The molecule has 0 aliphatic heterocycles. The summed E-state index contributed by atoms with van der Waals surface area (Å²) in [5, 5.41) is 3.06. The summed E-state index contributed by atoms with van der Waals surface area (Å²) in [4.78, 5) is 28.7. The van der Waals surface area contributed by atoms with Crippen LogP contribution in [-0.4, -0.2) is 50.9 Å². The van der Waals surface area contributed by atoms with Gasteiger partial charge in [-0.15, -0.1) is 0 Å². The molecule has 2 amide bonds. The Morgan fingerprint density at radius 1 is 0.975 bits per heavy atom. The first-order valence-corrected chi connectivity index (χ1v) is 14.9. The van der Waals surface area contributed by atoms with Crippen LogP contribution < -0.4 is 14.4 Å². The SMILES string of the molecule is CC[C@H](C(=O)NC(C)C)N(Cc1ccc(OC)cc1)C(=O)CN(c1ccccc1Cl)S(=O)(=O)c1ccc(C)cc1. The molecule has 3 aromatic rings. The fourth-order valence-corrected chi connectivity index (χ4v) is 5.95. The van der Waals surface area contributed by atoms with Crippen LogP contribution in [0.2, 0.25) is 5.02 Å². The van der Waals surface area contributed by atoms with Gasteiger partial charge in [0, 0.05) is 12.6 Å². The lowest BCUT2D eigenvalue weighted by Gasteiger charge is -2.33.